The number of carboxylic acid groups (broad SMARTS) is 1. The van der Waals surface area contributed by atoms with E-state index in [9.17, 15) is 24.8 Å². The number of nitrogens with one attached hydrogen (secondary N) is 1. The van der Waals surface area contributed by atoms with Gasteiger partial charge in [0.25, 0.3) is 5.69 Å². The predicted molar refractivity (Wildman–Crippen MR) is 86.8 cm³/mol. The van der Waals surface area contributed by atoms with E-state index in [1.165, 1.54) is 24.3 Å². The summed E-state index contributed by atoms with van der Waals surface area (Å²) in [5.74, 6) is -1.55. The number of carbonyl (C=O) groups is 2. The van der Waals surface area contributed by atoms with Gasteiger partial charge in [-0.05, 0) is 18.6 Å². The third-order valence-electron chi connectivity index (χ3n) is 3.23. The number of nitro benzene ring substituents is 1. The summed E-state index contributed by atoms with van der Waals surface area (Å²) in [6.07, 6.45) is 2.39. The Kier molecular flexibility index (Phi) is 5.62. The van der Waals surface area contributed by atoms with Gasteiger partial charge in [-0.15, -0.1) is 6.58 Å². The van der Waals surface area contributed by atoms with Gasteiger partial charge in [-0.1, -0.05) is 6.08 Å². The van der Waals surface area contributed by atoms with Crippen LogP contribution in [0.2, 0.25) is 0 Å². The van der Waals surface area contributed by atoms with Crippen molar-refractivity contribution in [3.63, 3.8) is 0 Å². The number of amides is 1. The van der Waals surface area contributed by atoms with Crippen LogP contribution >= 0.6 is 0 Å². The fourth-order valence-corrected chi connectivity index (χ4v) is 2.01. The van der Waals surface area contributed by atoms with Crippen LogP contribution in [0.5, 0.6) is 0 Å². The zero-order valence-electron chi connectivity index (χ0n) is 13.1. The van der Waals surface area contributed by atoms with Crippen molar-refractivity contribution < 1.29 is 24.0 Å². The van der Waals surface area contributed by atoms with E-state index >= 15 is 0 Å². The van der Waals surface area contributed by atoms with Crippen molar-refractivity contribution in [1.29, 1.82) is 0 Å². The zero-order chi connectivity index (χ0) is 18.4. The fraction of sp³-hybridized carbons (Fsp3) is 0.188. The van der Waals surface area contributed by atoms with Crippen molar-refractivity contribution in [2.45, 2.75) is 19.4 Å². The Morgan fingerprint density at radius 1 is 1.36 bits per heavy atom. The number of nitro groups is 1. The quantitative estimate of drug-likeness (QED) is 0.426. The topological polar surface area (TPSA) is 136 Å². The fourth-order valence-electron chi connectivity index (χ4n) is 2.01. The van der Waals surface area contributed by atoms with Gasteiger partial charge in [-0.2, -0.15) is 0 Å². The molecule has 0 atom stereocenters. The Hall–Kier alpha value is -3.49. The number of carboxylic acids is 1. The van der Waals surface area contributed by atoms with Gasteiger partial charge in [0.15, 0.2) is 11.5 Å². The average molecular weight is 345 g/mol. The highest BCUT2D eigenvalue weighted by atomic mass is 16.6. The van der Waals surface area contributed by atoms with Gasteiger partial charge in [-0.25, -0.2) is 9.78 Å². The summed E-state index contributed by atoms with van der Waals surface area (Å²) in [5.41, 5.74) is -0.126. The first kappa shape index (κ1) is 17.9. The molecule has 1 aromatic carbocycles. The molecular formula is C16H15N3O6. The normalized spacial score (nSPS) is 10.2. The molecule has 130 valence electrons. The number of hydrogen-bond acceptors (Lipinski definition) is 6. The molecule has 0 saturated carbocycles. The van der Waals surface area contributed by atoms with Crippen LogP contribution in [0.15, 0.2) is 41.3 Å². The Morgan fingerprint density at radius 2 is 2.04 bits per heavy atom. The first-order valence-corrected chi connectivity index (χ1v) is 7.27. The second-order valence-corrected chi connectivity index (χ2v) is 5.00. The van der Waals surface area contributed by atoms with Crippen molar-refractivity contribution in [3.8, 4) is 11.3 Å². The number of carbonyl (C=O) groups excluding carboxylic acids is 1. The molecule has 0 fully saturated rings. The van der Waals surface area contributed by atoms with Gasteiger partial charge < -0.3 is 14.8 Å². The molecule has 0 spiro atoms. The largest absolute Gasteiger partial charge is 0.476 e. The number of oxazole rings is 1. The van der Waals surface area contributed by atoms with Crippen LogP contribution in [-0.2, 0) is 11.3 Å². The SMILES string of the molecule is C=CCCC(=O)NCc1nc(C(=O)O)c(-c2ccc([N+](=O)[O-])cc2)o1. The molecule has 9 nitrogen and oxygen atoms in total. The Labute approximate surface area is 142 Å². The summed E-state index contributed by atoms with van der Waals surface area (Å²) in [6, 6.07) is 5.22. The lowest BCUT2D eigenvalue weighted by atomic mass is 10.1. The molecule has 1 amide bonds. The lowest BCUT2D eigenvalue weighted by Crippen LogP contribution is -2.22. The molecule has 1 aromatic heterocycles. The van der Waals surface area contributed by atoms with Crippen LogP contribution in [-0.4, -0.2) is 26.9 Å². The first-order valence-electron chi connectivity index (χ1n) is 7.27. The highest BCUT2D eigenvalue weighted by Gasteiger charge is 2.21. The molecule has 0 radical (unpaired) electrons. The molecule has 0 unspecified atom stereocenters. The Bertz CT molecular complexity index is 810. The van der Waals surface area contributed by atoms with Gasteiger partial charge in [0.2, 0.25) is 11.8 Å². The summed E-state index contributed by atoms with van der Waals surface area (Å²) < 4.78 is 5.42. The summed E-state index contributed by atoms with van der Waals surface area (Å²) in [4.78, 5) is 36.9. The van der Waals surface area contributed by atoms with E-state index in [1.807, 2.05) is 0 Å². The molecule has 2 aromatic rings. The van der Waals surface area contributed by atoms with E-state index in [0.29, 0.717) is 12.0 Å². The standard InChI is InChI=1S/C16H15N3O6/c1-2-3-4-12(20)17-9-13-18-14(16(21)22)15(25-13)10-5-7-11(8-6-10)19(23)24/h2,5-8H,1,3-4,9H2,(H,17,20)(H,21,22). The molecule has 2 rings (SSSR count). The van der Waals surface area contributed by atoms with Gasteiger partial charge in [0.05, 0.1) is 11.5 Å². The smallest absolute Gasteiger partial charge is 0.358 e. The maximum absolute atomic E-state index is 11.6. The summed E-state index contributed by atoms with van der Waals surface area (Å²) in [5, 5.41) is 22.5. The molecule has 1 heterocycles. The van der Waals surface area contributed by atoms with Gasteiger partial charge in [-0.3, -0.25) is 14.9 Å². The number of rotatable bonds is 8. The highest BCUT2D eigenvalue weighted by Crippen LogP contribution is 2.27. The summed E-state index contributed by atoms with van der Waals surface area (Å²) >= 11 is 0. The number of non-ortho nitro benzene ring substituents is 1. The third-order valence-corrected chi connectivity index (χ3v) is 3.23. The van der Waals surface area contributed by atoms with Crippen LogP contribution in [0.3, 0.4) is 0 Å². The van der Waals surface area contributed by atoms with Crippen molar-refractivity contribution in [2.24, 2.45) is 0 Å². The Balaban J connectivity index is 2.21. The molecule has 0 aliphatic carbocycles. The number of hydrogen-bond donors (Lipinski definition) is 2. The number of allylic oxidation sites excluding steroid dienone is 1. The summed E-state index contributed by atoms with van der Waals surface area (Å²) in [6.45, 7) is 3.45. The number of aromatic carboxylic acids is 1. The number of benzene rings is 1. The van der Waals surface area contributed by atoms with E-state index < -0.39 is 10.9 Å². The third kappa shape index (κ3) is 4.50. The van der Waals surface area contributed by atoms with E-state index in [0.717, 1.165) is 0 Å². The van der Waals surface area contributed by atoms with Crippen LogP contribution in [0.4, 0.5) is 5.69 Å². The molecule has 9 heteroatoms. The van der Waals surface area contributed by atoms with Crippen molar-refractivity contribution in [2.75, 3.05) is 0 Å². The van der Waals surface area contributed by atoms with Gasteiger partial charge in [0, 0.05) is 24.1 Å². The van der Waals surface area contributed by atoms with Crippen molar-refractivity contribution in [3.05, 3.63) is 58.6 Å². The van der Waals surface area contributed by atoms with Crippen molar-refractivity contribution >= 4 is 17.6 Å². The molecule has 0 aliphatic rings. The van der Waals surface area contributed by atoms with Crippen LogP contribution < -0.4 is 5.32 Å². The number of aromatic nitrogens is 1. The van der Waals surface area contributed by atoms with E-state index in [-0.39, 0.29) is 41.9 Å². The predicted octanol–water partition coefficient (Wildman–Crippen LogP) is 2.53. The van der Waals surface area contributed by atoms with E-state index in [1.54, 1.807) is 6.08 Å². The zero-order valence-corrected chi connectivity index (χ0v) is 13.1. The minimum absolute atomic E-state index is 0.0257. The van der Waals surface area contributed by atoms with E-state index in [4.69, 9.17) is 4.42 Å². The van der Waals surface area contributed by atoms with Crippen LogP contribution in [0.25, 0.3) is 11.3 Å². The van der Waals surface area contributed by atoms with Crippen molar-refractivity contribution in [1.82, 2.24) is 10.3 Å². The number of nitrogens with zero attached hydrogens (tertiary/aromatic N) is 2. The van der Waals surface area contributed by atoms with Crippen LogP contribution in [0.1, 0.15) is 29.2 Å². The lowest BCUT2D eigenvalue weighted by Gasteiger charge is -2.00. The van der Waals surface area contributed by atoms with E-state index in [2.05, 4.69) is 16.9 Å². The molecule has 0 aliphatic heterocycles. The van der Waals surface area contributed by atoms with Gasteiger partial charge in [0.1, 0.15) is 0 Å². The molecule has 0 saturated heterocycles. The minimum Gasteiger partial charge on any atom is -0.476 e. The second-order valence-electron chi connectivity index (χ2n) is 5.00. The lowest BCUT2D eigenvalue weighted by molar-refractivity contribution is -0.384. The maximum Gasteiger partial charge on any atom is 0.358 e. The molecule has 0 bridgehead atoms. The average Bonchev–Trinajstić information content (AvgIpc) is 3.02. The summed E-state index contributed by atoms with van der Waals surface area (Å²) in [7, 11) is 0. The monoisotopic (exact) mass is 345 g/mol. The second kappa shape index (κ2) is 7.86. The first-order chi connectivity index (χ1) is 11.9. The maximum atomic E-state index is 11.6. The molecule has 25 heavy (non-hydrogen) atoms. The van der Waals surface area contributed by atoms with Crippen LogP contribution in [0, 0.1) is 10.1 Å². The van der Waals surface area contributed by atoms with Gasteiger partial charge >= 0.3 is 5.97 Å². The Morgan fingerprint density at radius 3 is 2.60 bits per heavy atom. The highest BCUT2D eigenvalue weighted by molar-refractivity contribution is 5.92. The molecule has 2 N–H and O–H groups in total. The molecular weight excluding hydrogens is 330 g/mol. The minimum atomic E-state index is -1.30.